The van der Waals surface area contributed by atoms with Crippen LogP contribution < -0.4 is 10.3 Å². The van der Waals surface area contributed by atoms with Gasteiger partial charge in [-0.05, 0) is 25.0 Å². The first kappa shape index (κ1) is 17.2. The van der Waals surface area contributed by atoms with E-state index in [0.717, 1.165) is 12.8 Å². The second-order valence-corrected chi connectivity index (χ2v) is 4.76. The Morgan fingerprint density at radius 1 is 1.33 bits per heavy atom. The minimum atomic E-state index is -0.336. The largest absolute Gasteiger partial charge is 0.478 e. The molecule has 6 heteroatoms. The molecule has 21 heavy (non-hydrogen) atoms. The monoisotopic (exact) mass is 296 g/mol. The Morgan fingerprint density at radius 2 is 2.00 bits per heavy atom. The molecule has 1 amide bonds. The molecule has 0 aromatic carbocycles. The van der Waals surface area contributed by atoms with Crippen LogP contribution in [0.15, 0.2) is 23.1 Å². The molecule has 0 saturated carbocycles. The van der Waals surface area contributed by atoms with Crippen LogP contribution in [0, 0.1) is 0 Å². The van der Waals surface area contributed by atoms with Crippen LogP contribution in [0.3, 0.4) is 0 Å². The standard InChI is InChI=1S/C15H24N2O4/c1-3-7-16(8-4-2)14(19)12-21-13-6-5-9-17(10-11-18)15(13)20/h5-6,9,18H,3-4,7-8,10-12H2,1-2H3. The van der Waals surface area contributed by atoms with Gasteiger partial charge in [0.15, 0.2) is 12.4 Å². The number of nitrogens with zero attached hydrogens (tertiary/aromatic N) is 2. The van der Waals surface area contributed by atoms with Crippen LogP contribution in [0.1, 0.15) is 26.7 Å². The van der Waals surface area contributed by atoms with Gasteiger partial charge in [-0.25, -0.2) is 0 Å². The molecule has 0 saturated heterocycles. The van der Waals surface area contributed by atoms with E-state index in [1.165, 1.54) is 10.6 Å². The lowest BCUT2D eigenvalue weighted by molar-refractivity contribution is -0.133. The highest BCUT2D eigenvalue weighted by Gasteiger charge is 2.13. The first-order valence-electron chi connectivity index (χ1n) is 7.34. The Labute approximate surface area is 125 Å². The molecule has 1 heterocycles. The van der Waals surface area contributed by atoms with Gasteiger partial charge in [0.2, 0.25) is 0 Å². The van der Waals surface area contributed by atoms with E-state index in [1.54, 1.807) is 17.2 Å². The maximum atomic E-state index is 12.1. The number of rotatable bonds is 9. The fourth-order valence-electron chi connectivity index (χ4n) is 2.04. The zero-order valence-electron chi connectivity index (χ0n) is 12.7. The summed E-state index contributed by atoms with van der Waals surface area (Å²) < 4.78 is 6.71. The number of ether oxygens (including phenoxy) is 1. The van der Waals surface area contributed by atoms with Crippen LogP contribution >= 0.6 is 0 Å². The smallest absolute Gasteiger partial charge is 0.292 e. The Morgan fingerprint density at radius 3 is 2.57 bits per heavy atom. The lowest BCUT2D eigenvalue weighted by atomic mass is 10.3. The van der Waals surface area contributed by atoms with Gasteiger partial charge in [-0.15, -0.1) is 0 Å². The van der Waals surface area contributed by atoms with E-state index in [2.05, 4.69) is 0 Å². The molecular weight excluding hydrogens is 272 g/mol. The van der Waals surface area contributed by atoms with Crippen LogP contribution in [0.2, 0.25) is 0 Å². The van der Waals surface area contributed by atoms with Crippen molar-refractivity contribution in [1.82, 2.24) is 9.47 Å². The molecule has 0 bridgehead atoms. The summed E-state index contributed by atoms with van der Waals surface area (Å²) in [6.07, 6.45) is 3.36. The van der Waals surface area contributed by atoms with Crippen molar-refractivity contribution in [3.05, 3.63) is 28.7 Å². The van der Waals surface area contributed by atoms with Crippen molar-refractivity contribution in [3.63, 3.8) is 0 Å². The number of carbonyl (C=O) groups is 1. The quantitative estimate of drug-likeness (QED) is 0.734. The van der Waals surface area contributed by atoms with Gasteiger partial charge in [0.05, 0.1) is 6.61 Å². The summed E-state index contributed by atoms with van der Waals surface area (Å²) in [4.78, 5) is 25.8. The normalized spacial score (nSPS) is 10.4. The predicted molar refractivity (Wildman–Crippen MR) is 80.4 cm³/mol. The molecule has 1 N–H and O–H groups in total. The Balaban J connectivity index is 2.68. The zero-order chi connectivity index (χ0) is 15.7. The second kappa shape index (κ2) is 9.18. The number of hydrogen-bond donors (Lipinski definition) is 1. The summed E-state index contributed by atoms with van der Waals surface area (Å²) in [7, 11) is 0. The van der Waals surface area contributed by atoms with Gasteiger partial charge < -0.3 is 19.3 Å². The lowest BCUT2D eigenvalue weighted by Crippen LogP contribution is -2.36. The van der Waals surface area contributed by atoms with Crippen LogP contribution in [0.5, 0.6) is 5.75 Å². The highest BCUT2D eigenvalue weighted by atomic mass is 16.5. The zero-order valence-corrected chi connectivity index (χ0v) is 12.7. The number of aliphatic hydroxyl groups is 1. The third kappa shape index (κ3) is 5.23. The van der Waals surface area contributed by atoms with Crippen molar-refractivity contribution in [2.24, 2.45) is 0 Å². The maximum absolute atomic E-state index is 12.1. The average Bonchev–Trinajstić information content (AvgIpc) is 2.48. The molecule has 118 valence electrons. The summed E-state index contributed by atoms with van der Waals surface area (Å²) in [6, 6.07) is 3.19. The van der Waals surface area contributed by atoms with E-state index in [0.29, 0.717) is 13.1 Å². The lowest BCUT2D eigenvalue weighted by Gasteiger charge is -2.21. The number of hydrogen-bond acceptors (Lipinski definition) is 4. The van der Waals surface area contributed by atoms with Crippen molar-refractivity contribution in [1.29, 1.82) is 0 Å². The highest BCUT2D eigenvalue weighted by molar-refractivity contribution is 5.77. The van der Waals surface area contributed by atoms with Crippen LogP contribution in [0.25, 0.3) is 0 Å². The Bertz CT molecular complexity index is 493. The minimum absolute atomic E-state index is 0.115. The number of amides is 1. The molecule has 1 rings (SSSR count). The molecule has 0 aliphatic rings. The summed E-state index contributed by atoms with van der Waals surface area (Å²) in [6.45, 7) is 5.37. The van der Waals surface area contributed by atoms with Crippen LogP contribution in [0.4, 0.5) is 0 Å². The Kier molecular flexibility index (Phi) is 7.53. The molecular formula is C15H24N2O4. The van der Waals surface area contributed by atoms with Gasteiger partial charge in [0, 0.05) is 25.8 Å². The number of aromatic nitrogens is 1. The topological polar surface area (TPSA) is 71.8 Å². The fraction of sp³-hybridized carbons (Fsp3) is 0.600. The van der Waals surface area contributed by atoms with E-state index in [1.807, 2.05) is 13.8 Å². The van der Waals surface area contributed by atoms with E-state index in [4.69, 9.17) is 9.84 Å². The summed E-state index contributed by atoms with van der Waals surface area (Å²) in [5.41, 5.74) is -0.336. The van der Waals surface area contributed by atoms with Crippen molar-refractivity contribution < 1.29 is 14.6 Å². The number of pyridine rings is 1. The average molecular weight is 296 g/mol. The van der Waals surface area contributed by atoms with Crippen LogP contribution in [-0.2, 0) is 11.3 Å². The third-order valence-corrected chi connectivity index (χ3v) is 3.02. The summed E-state index contributed by atoms with van der Waals surface area (Å²) >= 11 is 0. The SMILES string of the molecule is CCCN(CCC)C(=O)COc1cccn(CCO)c1=O. The molecule has 0 spiro atoms. The molecule has 0 unspecified atom stereocenters. The maximum Gasteiger partial charge on any atom is 0.292 e. The molecule has 0 aliphatic heterocycles. The van der Waals surface area contributed by atoms with Crippen LogP contribution in [-0.4, -0.2) is 46.8 Å². The molecule has 0 fully saturated rings. The molecule has 0 atom stereocenters. The molecule has 1 aromatic rings. The van der Waals surface area contributed by atoms with Gasteiger partial charge in [0.25, 0.3) is 11.5 Å². The molecule has 0 radical (unpaired) electrons. The van der Waals surface area contributed by atoms with Gasteiger partial charge in [-0.2, -0.15) is 0 Å². The van der Waals surface area contributed by atoms with E-state index < -0.39 is 0 Å². The fourth-order valence-corrected chi connectivity index (χ4v) is 2.04. The third-order valence-electron chi connectivity index (χ3n) is 3.02. The molecule has 0 aliphatic carbocycles. The van der Waals surface area contributed by atoms with Crippen molar-refractivity contribution in [3.8, 4) is 5.75 Å². The first-order valence-corrected chi connectivity index (χ1v) is 7.34. The summed E-state index contributed by atoms with van der Waals surface area (Å²) in [5, 5.41) is 8.88. The van der Waals surface area contributed by atoms with E-state index >= 15 is 0 Å². The highest BCUT2D eigenvalue weighted by Crippen LogP contribution is 2.03. The predicted octanol–water partition coefficient (Wildman–Crippen LogP) is 0.868. The van der Waals surface area contributed by atoms with Gasteiger partial charge in [-0.1, -0.05) is 13.8 Å². The minimum Gasteiger partial charge on any atom is -0.478 e. The van der Waals surface area contributed by atoms with Gasteiger partial charge in [-0.3, -0.25) is 9.59 Å². The molecule has 1 aromatic heterocycles. The number of aliphatic hydroxyl groups excluding tert-OH is 1. The van der Waals surface area contributed by atoms with Gasteiger partial charge >= 0.3 is 0 Å². The van der Waals surface area contributed by atoms with Crippen molar-refractivity contribution >= 4 is 5.91 Å². The first-order chi connectivity index (χ1) is 10.1. The van der Waals surface area contributed by atoms with Crippen molar-refractivity contribution in [2.75, 3.05) is 26.3 Å². The van der Waals surface area contributed by atoms with E-state index in [-0.39, 0.29) is 37.0 Å². The van der Waals surface area contributed by atoms with Crippen molar-refractivity contribution in [2.45, 2.75) is 33.2 Å². The summed E-state index contributed by atoms with van der Waals surface area (Å²) in [5.74, 6) is 0.0166. The Hall–Kier alpha value is -1.82. The van der Waals surface area contributed by atoms with E-state index in [9.17, 15) is 9.59 Å². The number of carbonyl (C=O) groups excluding carboxylic acids is 1. The molecule has 6 nitrogen and oxygen atoms in total. The second-order valence-electron chi connectivity index (χ2n) is 4.76. The van der Waals surface area contributed by atoms with Gasteiger partial charge in [0.1, 0.15) is 0 Å².